The molecule has 1 unspecified atom stereocenters. The molecule has 1 aromatic rings. The van der Waals surface area contributed by atoms with Crippen molar-refractivity contribution < 1.29 is 17.9 Å². The van der Waals surface area contributed by atoms with Gasteiger partial charge in [0.1, 0.15) is 11.9 Å². The number of nitrogens with two attached hydrogens (primary N) is 1. The summed E-state index contributed by atoms with van der Waals surface area (Å²) in [5, 5.41) is 0. The molecule has 0 bridgehead atoms. The summed E-state index contributed by atoms with van der Waals surface area (Å²) in [6.07, 6.45) is -2.85. The summed E-state index contributed by atoms with van der Waals surface area (Å²) < 4.78 is 46.9. The molecule has 2 aliphatic rings. The predicted octanol–water partition coefficient (Wildman–Crippen LogP) is 2.78. The van der Waals surface area contributed by atoms with Gasteiger partial charge in [0.25, 0.3) is 12.4 Å². The number of benzene rings is 1. The molecule has 2 N–H and O–H groups in total. The summed E-state index contributed by atoms with van der Waals surface area (Å²) in [7, 11) is 0. The van der Waals surface area contributed by atoms with Crippen molar-refractivity contribution in [2.24, 2.45) is 16.6 Å². The van der Waals surface area contributed by atoms with Crippen LogP contribution in [0, 0.1) is 11.7 Å². The summed E-state index contributed by atoms with van der Waals surface area (Å²) >= 11 is 3.16. The first-order valence-corrected chi connectivity index (χ1v) is 6.50. The van der Waals surface area contributed by atoms with Crippen LogP contribution in [0.1, 0.15) is 12.0 Å². The van der Waals surface area contributed by atoms with E-state index in [1.807, 2.05) is 0 Å². The van der Waals surface area contributed by atoms with Crippen LogP contribution in [0.3, 0.4) is 0 Å². The van der Waals surface area contributed by atoms with E-state index < -0.39 is 29.8 Å². The summed E-state index contributed by atoms with van der Waals surface area (Å²) in [4.78, 5) is 3.77. The van der Waals surface area contributed by atoms with E-state index in [9.17, 15) is 13.2 Å². The molecule has 1 aliphatic heterocycles. The molecule has 3 atom stereocenters. The molecular formula is C12H10BrF3N2O. The Bertz CT molecular complexity index is 566. The zero-order valence-electron chi connectivity index (χ0n) is 9.62. The lowest BCUT2D eigenvalue weighted by atomic mass is 9.85. The maximum atomic E-state index is 14.0. The van der Waals surface area contributed by atoms with Crippen LogP contribution in [-0.2, 0) is 10.3 Å². The van der Waals surface area contributed by atoms with E-state index in [0.29, 0.717) is 10.9 Å². The molecule has 0 amide bonds. The smallest absolute Gasteiger partial charge is 0.283 e. The fraction of sp³-hybridized carbons (Fsp3) is 0.417. The Morgan fingerprint density at radius 2 is 2.21 bits per heavy atom. The highest BCUT2D eigenvalue weighted by atomic mass is 79.9. The third-order valence-corrected chi connectivity index (χ3v) is 4.05. The number of ether oxygens (including phenoxy) is 1. The molecule has 102 valence electrons. The second kappa shape index (κ2) is 4.13. The van der Waals surface area contributed by atoms with Gasteiger partial charge in [0, 0.05) is 16.0 Å². The van der Waals surface area contributed by atoms with Crippen molar-refractivity contribution in [3.8, 4) is 0 Å². The summed E-state index contributed by atoms with van der Waals surface area (Å²) in [6.45, 7) is 0. The number of halogens is 4. The number of fused-ring (bicyclic) bond motifs is 1. The molecule has 3 rings (SSSR count). The Kier molecular flexibility index (Phi) is 2.78. The predicted molar refractivity (Wildman–Crippen MR) is 66.4 cm³/mol. The Hall–Kier alpha value is -1.24. The molecule has 0 aromatic heterocycles. The van der Waals surface area contributed by atoms with Crippen molar-refractivity contribution in [3.63, 3.8) is 0 Å². The van der Waals surface area contributed by atoms with Crippen molar-refractivity contribution in [1.29, 1.82) is 0 Å². The maximum Gasteiger partial charge on any atom is 0.283 e. The molecule has 0 spiro atoms. The van der Waals surface area contributed by atoms with Gasteiger partial charge in [0.2, 0.25) is 0 Å². The van der Waals surface area contributed by atoms with E-state index >= 15 is 0 Å². The zero-order chi connectivity index (χ0) is 13.8. The summed E-state index contributed by atoms with van der Waals surface area (Å²) in [6, 6.07) is 3.62. The first-order chi connectivity index (χ1) is 8.95. The summed E-state index contributed by atoms with van der Waals surface area (Å²) in [5.74, 6) is -1.25. The van der Waals surface area contributed by atoms with Gasteiger partial charge in [-0.1, -0.05) is 15.9 Å². The minimum absolute atomic E-state index is 0.143. The monoisotopic (exact) mass is 334 g/mol. The Morgan fingerprint density at radius 1 is 1.47 bits per heavy atom. The van der Waals surface area contributed by atoms with Gasteiger partial charge in [0.05, 0.1) is 0 Å². The minimum Gasteiger partial charge on any atom is -0.462 e. The lowest BCUT2D eigenvalue weighted by Gasteiger charge is -2.33. The van der Waals surface area contributed by atoms with Crippen LogP contribution in [0.2, 0.25) is 0 Å². The number of nitrogens with zero attached hydrogens (tertiary/aromatic N) is 1. The van der Waals surface area contributed by atoms with E-state index in [1.54, 1.807) is 0 Å². The van der Waals surface area contributed by atoms with Gasteiger partial charge in [-0.05, 0) is 24.6 Å². The number of hydrogen-bond acceptors (Lipinski definition) is 3. The second-order valence-electron chi connectivity index (χ2n) is 4.70. The van der Waals surface area contributed by atoms with Crippen molar-refractivity contribution in [2.75, 3.05) is 0 Å². The molecule has 1 aliphatic carbocycles. The van der Waals surface area contributed by atoms with Crippen molar-refractivity contribution in [3.05, 3.63) is 34.1 Å². The third-order valence-electron chi connectivity index (χ3n) is 3.56. The highest BCUT2D eigenvalue weighted by molar-refractivity contribution is 9.10. The highest BCUT2D eigenvalue weighted by Crippen LogP contribution is 2.56. The fourth-order valence-electron chi connectivity index (χ4n) is 2.60. The van der Waals surface area contributed by atoms with E-state index in [2.05, 4.69) is 20.9 Å². The largest absolute Gasteiger partial charge is 0.462 e. The third kappa shape index (κ3) is 1.82. The lowest BCUT2D eigenvalue weighted by molar-refractivity contribution is 0.0176. The van der Waals surface area contributed by atoms with Crippen LogP contribution in [-0.4, -0.2) is 18.6 Å². The average molecular weight is 335 g/mol. The van der Waals surface area contributed by atoms with Gasteiger partial charge >= 0.3 is 0 Å². The molecule has 0 saturated heterocycles. The number of hydrogen-bond donors (Lipinski definition) is 1. The number of alkyl halides is 2. The zero-order valence-corrected chi connectivity index (χ0v) is 11.2. The highest BCUT2D eigenvalue weighted by Gasteiger charge is 2.64. The van der Waals surface area contributed by atoms with Crippen LogP contribution >= 0.6 is 15.9 Å². The standard InChI is InChI=1S/C12H10BrF3N2O/c13-5-1-2-8(14)6(3-5)12(10(15)16)7-4-9(7)19-11(17)18-12/h1-3,7,9-10H,4H2,(H2,17,18)/t7-,9?,12+/m1/s1. The van der Waals surface area contributed by atoms with Crippen LogP contribution in [0.5, 0.6) is 0 Å². The normalized spacial score (nSPS) is 32.6. The van der Waals surface area contributed by atoms with Crippen LogP contribution < -0.4 is 5.73 Å². The van der Waals surface area contributed by atoms with E-state index in [4.69, 9.17) is 10.5 Å². The van der Waals surface area contributed by atoms with Gasteiger partial charge in [0.15, 0.2) is 5.54 Å². The van der Waals surface area contributed by atoms with Gasteiger partial charge in [-0.2, -0.15) is 0 Å². The van der Waals surface area contributed by atoms with Crippen LogP contribution in [0.15, 0.2) is 27.7 Å². The van der Waals surface area contributed by atoms with Gasteiger partial charge < -0.3 is 10.5 Å². The number of rotatable bonds is 2. The Balaban J connectivity index is 2.21. The second-order valence-corrected chi connectivity index (χ2v) is 5.61. The van der Waals surface area contributed by atoms with E-state index in [1.165, 1.54) is 12.1 Å². The van der Waals surface area contributed by atoms with Crippen LogP contribution in [0.4, 0.5) is 13.2 Å². The van der Waals surface area contributed by atoms with E-state index in [-0.39, 0.29) is 11.6 Å². The molecule has 1 heterocycles. The Labute approximate surface area is 115 Å². The molecule has 19 heavy (non-hydrogen) atoms. The average Bonchev–Trinajstić information content (AvgIpc) is 3.10. The summed E-state index contributed by atoms with van der Waals surface area (Å²) in [5.41, 5.74) is 3.36. The molecule has 0 radical (unpaired) electrons. The molecule has 1 fully saturated rings. The Morgan fingerprint density at radius 3 is 2.89 bits per heavy atom. The van der Waals surface area contributed by atoms with Crippen molar-refractivity contribution in [1.82, 2.24) is 0 Å². The lowest BCUT2D eigenvalue weighted by Crippen LogP contribution is -2.43. The fourth-order valence-corrected chi connectivity index (χ4v) is 2.97. The van der Waals surface area contributed by atoms with Gasteiger partial charge in [-0.25, -0.2) is 18.2 Å². The van der Waals surface area contributed by atoms with Crippen molar-refractivity contribution >= 4 is 22.0 Å². The number of aliphatic imine (C=N–C) groups is 1. The van der Waals surface area contributed by atoms with Crippen LogP contribution in [0.25, 0.3) is 0 Å². The van der Waals surface area contributed by atoms with E-state index in [0.717, 1.165) is 6.07 Å². The first kappa shape index (κ1) is 12.8. The quantitative estimate of drug-likeness (QED) is 0.904. The molecule has 3 nitrogen and oxygen atoms in total. The van der Waals surface area contributed by atoms with Gasteiger partial charge in [-0.15, -0.1) is 0 Å². The van der Waals surface area contributed by atoms with Crippen molar-refractivity contribution in [2.45, 2.75) is 24.5 Å². The van der Waals surface area contributed by atoms with Gasteiger partial charge in [-0.3, -0.25) is 0 Å². The molecule has 1 saturated carbocycles. The maximum absolute atomic E-state index is 14.0. The minimum atomic E-state index is -2.85. The molecule has 1 aromatic carbocycles. The first-order valence-electron chi connectivity index (χ1n) is 5.71. The SMILES string of the molecule is NC1=N[C@](c2cc(Br)ccc2F)(C(F)F)[C@@H]2CC2O1. The molecular weight excluding hydrogens is 325 g/mol. The molecule has 7 heteroatoms. The topological polar surface area (TPSA) is 47.6 Å². The number of amidine groups is 1.